The number of methoxy groups -OCH3 is 6. The van der Waals surface area contributed by atoms with Crippen LogP contribution in [0.1, 0.15) is 76.5 Å². The third-order valence-electron chi connectivity index (χ3n) is 6.40. The number of rotatable bonds is 15. The fourth-order valence-electron chi connectivity index (χ4n) is 4.05. The molecule has 0 aromatic heterocycles. The van der Waals surface area contributed by atoms with Gasteiger partial charge in [-0.15, -0.1) is 0 Å². The molecule has 0 fully saturated rings. The van der Waals surface area contributed by atoms with Gasteiger partial charge in [-0.05, 0) is 36.4 Å². The molecule has 13 heteroatoms. The average Bonchev–Trinajstić information content (AvgIpc) is 3.10. The molecule has 12 nitrogen and oxygen atoms in total. The third kappa shape index (κ3) is 15.1. The van der Waals surface area contributed by atoms with Crippen LogP contribution in [0.2, 0.25) is 4.44 Å². The number of aromatic carboxylic acids is 3. The number of para-hydroxylation sites is 3. The zero-order valence-corrected chi connectivity index (χ0v) is 31.4. The number of carboxylic acid groups (broad SMARTS) is 3. The van der Waals surface area contributed by atoms with E-state index in [9.17, 15) is 29.7 Å². The molecule has 3 aromatic carbocycles. The number of hydrogen-bond donors (Lipinski definition) is 0. The van der Waals surface area contributed by atoms with Crippen molar-refractivity contribution in [3.63, 3.8) is 0 Å². The normalized spacial score (nSPS) is 9.52. The van der Waals surface area contributed by atoms with Crippen LogP contribution in [0.5, 0.6) is 34.5 Å². The first-order valence-electron chi connectivity index (χ1n) is 14.9. The van der Waals surface area contributed by atoms with Crippen LogP contribution in [0.15, 0.2) is 54.6 Å². The van der Waals surface area contributed by atoms with E-state index in [0.29, 0.717) is 17.2 Å². The summed E-state index contributed by atoms with van der Waals surface area (Å²) in [6.45, 7) is 2.27. The second-order valence-corrected chi connectivity index (χ2v) is 10.9. The van der Waals surface area contributed by atoms with Crippen molar-refractivity contribution in [2.75, 3.05) is 42.7 Å². The summed E-state index contributed by atoms with van der Waals surface area (Å²) in [5.74, 6) is -2.15. The second kappa shape index (κ2) is 25.7. The standard InChI is InChI=1S/3C9H10O4.C8H17.Sn/c3*1-12-7-5-3-4-6(9(10)11)8(7)13-2;1-3-5-7-8-6-4-2;/h3*3-5H,1-2H3,(H,10,11);1,3-8H2,2H3;/q;;;;+3/p-3. The molecule has 0 radical (unpaired) electrons. The molecular weight excluding hydrogens is 731 g/mol. The first-order chi connectivity index (χ1) is 23.0. The van der Waals surface area contributed by atoms with Crippen LogP contribution in [0, 0.1) is 0 Å². The smallest absolute Gasteiger partial charge is 0.169 e. The molecule has 0 saturated heterocycles. The Balaban J connectivity index is 0.000000620. The molecule has 0 atom stereocenters. The van der Waals surface area contributed by atoms with Gasteiger partial charge >= 0.3 is 72.4 Å². The number of hydrogen-bond acceptors (Lipinski definition) is 12. The minimum atomic E-state index is -1.28. The average molecular weight is 775 g/mol. The van der Waals surface area contributed by atoms with Gasteiger partial charge in [0, 0.05) is 16.7 Å². The van der Waals surface area contributed by atoms with Crippen LogP contribution in [-0.4, -0.2) is 83.1 Å². The van der Waals surface area contributed by atoms with Crippen LogP contribution < -0.4 is 43.7 Å². The van der Waals surface area contributed by atoms with Crippen molar-refractivity contribution in [1.82, 2.24) is 0 Å². The van der Waals surface area contributed by atoms with Crippen molar-refractivity contribution in [2.24, 2.45) is 0 Å². The summed E-state index contributed by atoms with van der Waals surface area (Å²) in [4.78, 5) is 31.8. The Morgan fingerprint density at radius 2 is 0.792 bits per heavy atom. The zero-order valence-electron chi connectivity index (χ0n) is 28.5. The Hall–Kier alpha value is -4.33. The molecule has 0 heterocycles. The largest absolute Gasteiger partial charge is 0.545 e. The maximum Gasteiger partial charge on any atom is 0.169 e. The summed E-state index contributed by atoms with van der Waals surface area (Å²) < 4.78 is 30.8. The van der Waals surface area contributed by atoms with Gasteiger partial charge in [0.15, 0.2) is 34.5 Å². The van der Waals surface area contributed by atoms with Crippen LogP contribution in [0.3, 0.4) is 0 Å². The van der Waals surface area contributed by atoms with E-state index in [1.807, 2.05) is 0 Å². The van der Waals surface area contributed by atoms with Crippen molar-refractivity contribution in [2.45, 2.75) is 49.9 Å². The predicted molar refractivity (Wildman–Crippen MR) is 176 cm³/mol. The molecule has 0 aliphatic heterocycles. The van der Waals surface area contributed by atoms with Crippen molar-refractivity contribution in [1.29, 1.82) is 0 Å². The molecular formula is C35H44O12Sn. The van der Waals surface area contributed by atoms with E-state index in [4.69, 9.17) is 28.4 Å². The van der Waals surface area contributed by atoms with Gasteiger partial charge in [-0.1, -0.05) is 18.2 Å². The van der Waals surface area contributed by atoms with E-state index < -0.39 is 17.9 Å². The number of carbonyl (C=O) groups is 3. The predicted octanol–water partition coefficient (Wildman–Crippen LogP) is 3.14. The molecule has 3 aromatic rings. The van der Waals surface area contributed by atoms with Gasteiger partial charge in [-0.2, -0.15) is 0 Å². The van der Waals surface area contributed by atoms with Gasteiger partial charge in [-0.3, -0.25) is 0 Å². The Morgan fingerprint density at radius 1 is 0.500 bits per heavy atom. The Labute approximate surface area is 296 Å². The van der Waals surface area contributed by atoms with Crippen molar-refractivity contribution >= 4 is 40.4 Å². The quantitative estimate of drug-likeness (QED) is 0.163. The Kier molecular flexibility index (Phi) is 23.4. The molecule has 0 aliphatic carbocycles. The van der Waals surface area contributed by atoms with Crippen molar-refractivity contribution in [3.8, 4) is 34.5 Å². The molecule has 3 rings (SSSR count). The first-order valence-corrected chi connectivity index (χ1v) is 17.0. The van der Waals surface area contributed by atoms with Crippen molar-refractivity contribution < 1.29 is 58.1 Å². The van der Waals surface area contributed by atoms with Crippen LogP contribution >= 0.6 is 0 Å². The number of benzene rings is 3. The number of unbranched alkanes of at least 4 members (excludes halogenated alkanes) is 5. The zero-order chi connectivity index (χ0) is 36.5. The van der Waals surface area contributed by atoms with Gasteiger partial charge in [0.05, 0.1) is 60.6 Å². The van der Waals surface area contributed by atoms with E-state index in [1.165, 1.54) is 104 Å². The molecule has 260 valence electrons. The molecule has 0 saturated carbocycles. The maximum atomic E-state index is 10.6. The summed E-state index contributed by atoms with van der Waals surface area (Å²) in [6.07, 6.45) is 8.71. The van der Waals surface area contributed by atoms with Gasteiger partial charge in [0.1, 0.15) is 0 Å². The van der Waals surface area contributed by atoms with E-state index in [0.717, 1.165) is 0 Å². The minimum Gasteiger partial charge on any atom is -0.545 e. The first kappa shape index (κ1) is 43.7. The van der Waals surface area contributed by atoms with E-state index in [-0.39, 0.29) is 33.9 Å². The summed E-state index contributed by atoms with van der Waals surface area (Å²) in [5, 5.41) is 31.8. The van der Waals surface area contributed by atoms with Gasteiger partial charge < -0.3 is 58.1 Å². The van der Waals surface area contributed by atoms with Gasteiger partial charge in [0.25, 0.3) is 0 Å². The Bertz CT molecular complexity index is 1230. The third-order valence-corrected chi connectivity index (χ3v) is 7.41. The molecule has 0 N–H and O–H groups in total. The molecule has 0 spiro atoms. The Morgan fingerprint density at radius 3 is 1.02 bits per heavy atom. The molecule has 0 unspecified atom stereocenters. The SMILES string of the molecule is CCCCCCC[CH2][Sn+3].COc1cccc(C(=O)[O-])c1OC.COc1cccc(C(=O)[O-])c1OC.COc1cccc(C(=O)[O-])c1OC. The topological polar surface area (TPSA) is 176 Å². The molecule has 0 amide bonds. The minimum absolute atomic E-state index is 0.0122. The number of ether oxygens (including phenoxy) is 6. The monoisotopic (exact) mass is 776 g/mol. The fraction of sp³-hybridized carbons (Fsp3) is 0.400. The van der Waals surface area contributed by atoms with Crippen LogP contribution in [-0.2, 0) is 0 Å². The van der Waals surface area contributed by atoms with E-state index >= 15 is 0 Å². The molecule has 48 heavy (non-hydrogen) atoms. The van der Waals surface area contributed by atoms with Crippen molar-refractivity contribution in [3.05, 3.63) is 71.3 Å². The van der Waals surface area contributed by atoms with E-state index in [2.05, 4.69) is 6.92 Å². The summed E-state index contributed by atoms with van der Waals surface area (Å²) in [5.41, 5.74) is -0.0365. The number of carboxylic acids is 3. The van der Waals surface area contributed by atoms with E-state index in [1.54, 1.807) is 58.9 Å². The van der Waals surface area contributed by atoms with Crippen LogP contribution in [0.4, 0.5) is 0 Å². The second-order valence-electron chi connectivity index (χ2n) is 9.50. The summed E-state index contributed by atoms with van der Waals surface area (Å²) in [6, 6.07) is 13.7. The maximum absolute atomic E-state index is 10.6. The fourth-order valence-corrected chi connectivity index (χ4v) is 4.76. The summed E-state index contributed by atoms with van der Waals surface area (Å²) >= 11 is 1.71. The van der Waals surface area contributed by atoms with Crippen LogP contribution in [0.25, 0.3) is 0 Å². The van der Waals surface area contributed by atoms with Gasteiger partial charge in [-0.25, -0.2) is 0 Å². The van der Waals surface area contributed by atoms with Gasteiger partial charge in [0.2, 0.25) is 0 Å². The summed E-state index contributed by atoms with van der Waals surface area (Å²) in [7, 11) is 8.46. The number of carbonyl (C=O) groups excluding carboxylic acids is 3. The molecule has 0 bridgehead atoms. The molecule has 0 aliphatic rings.